The first-order valence-corrected chi connectivity index (χ1v) is 3.85. The summed E-state index contributed by atoms with van der Waals surface area (Å²) in [6.07, 6.45) is 3.25. The van der Waals surface area contributed by atoms with E-state index >= 15 is 0 Å². The topological polar surface area (TPSA) is 88.7 Å². The molecule has 0 aliphatic carbocycles. The van der Waals surface area contributed by atoms with Gasteiger partial charge >= 0.3 is 12.5 Å². The molecule has 1 aromatic heterocycles. The van der Waals surface area contributed by atoms with Crippen molar-refractivity contribution in [1.29, 1.82) is 0 Å². The lowest BCUT2D eigenvalue weighted by molar-refractivity contribution is 0.366. The molecule has 0 saturated carbocycles. The summed E-state index contributed by atoms with van der Waals surface area (Å²) in [5.74, 6) is 0. The van der Waals surface area contributed by atoms with Crippen molar-refractivity contribution in [3.8, 4) is 0 Å². The predicted octanol–water partition coefficient (Wildman–Crippen LogP) is 0.565. The van der Waals surface area contributed by atoms with Crippen LogP contribution in [-0.2, 0) is 10.4 Å². The minimum Gasteiger partial charge on any atom is -0.726 e. The molecule has 6 heteroatoms. The van der Waals surface area contributed by atoms with Crippen LogP contribution in [0, 0.1) is 0 Å². The van der Waals surface area contributed by atoms with E-state index in [0.717, 1.165) is 0 Å². The average molecular weight is 178 g/mol. The molecule has 0 amide bonds. The molecule has 1 aromatic rings. The smallest absolute Gasteiger partial charge is 0.317 e. The maximum absolute atomic E-state index is 8.63. The van der Waals surface area contributed by atoms with Crippen molar-refractivity contribution >= 4 is 10.4 Å². The average Bonchev–Trinajstić information content (AvgIpc) is 1.88. The van der Waals surface area contributed by atoms with Gasteiger partial charge in [0.25, 0.3) is 0 Å². The van der Waals surface area contributed by atoms with E-state index in [4.69, 9.17) is 17.5 Å². The molecule has 0 spiro atoms. The van der Waals surface area contributed by atoms with Crippen LogP contribution in [0.5, 0.6) is 0 Å². The SMILES string of the molecule is O=S(=O)([O-])O.c1cc[o+]cc1. The first-order chi connectivity index (χ1) is 5.00. The summed E-state index contributed by atoms with van der Waals surface area (Å²) < 4.78 is 37.5. The molecule has 0 aliphatic rings. The van der Waals surface area contributed by atoms with Gasteiger partial charge < -0.3 is 4.55 Å². The molecule has 5 nitrogen and oxygen atoms in total. The van der Waals surface area contributed by atoms with E-state index in [1.165, 1.54) is 0 Å². The molecule has 1 heterocycles. The lowest BCUT2D eigenvalue weighted by Gasteiger charge is -1.88. The molecule has 0 fully saturated rings. The van der Waals surface area contributed by atoms with Crippen molar-refractivity contribution in [2.24, 2.45) is 0 Å². The zero-order valence-corrected chi connectivity index (χ0v) is 6.19. The Morgan fingerprint density at radius 3 is 1.64 bits per heavy atom. The Kier molecular flexibility index (Phi) is 4.35. The molecule has 1 N–H and O–H groups in total. The normalized spacial score (nSPS) is 9.64. The van der Waals surface area contributed by atoms with Crippen molar-refractivity contribution in [1.82, 2.24) is 0 Å². The highest BCUT2D eigenvalue weighted by atomic mass is 32.3. The van der Waals surface area contributed by atoms with Crippen molar-refractivity contribution in [2.75, 3.05) is 0 Å². The molecular formula is C5H6O5S. The first kappa shape index (κ1) is 10.0. The maximum atomic E-state index is 8.63. The van der Waals surface area contributed by atoms with E-state index in [-0.39, 0.29) is 0 Å². The highest BCUT2D eigenvalue weighted by molar-refractivity contribution is 7.79. The number of hydrogen-bond donors (Lipinski definition) is 1. The zero-order chi connectivity index (χ0) is 8.74. The van der Waals surface area contributed by atoms with Crippen LogP contribution in [0.2, 0.25) is 0 Å². The van der Waals surface area contributed by atoms with Crippen molar-refractivity contribution in [2.45, 2.75) is 0 Å². The highest BCUT2D eigenvalue weighted by Crippen LogP contribution is 1.79. The van der Waals surface area contributed by atoms with Gasteiger partial charge in [0.2, 0.25) is 10.4 Å². The minimum atomic E-state index is -4.92. The van der Waals surface area contributed by atoms with Gasteiger partial charge in [-0.25, -0.2) is 12.8 Å². The van der Waals surface area contributed by atoms with Gasteiger partial charge in [-0.1, -0.05) is 0 Å². The third-order valence-electron chi connectivity index (χ3n) is 0.536. The molecule has 0 saturated heterocycles. The summed E-state index contributed by atoms with van der Waals surface area (Å²) in [4.78, 5) is 0. The lowest BCUT2D eigenvalue weighted by Crippen LogP contribution is -1.90. The Bertz CT molecular complexity index is 231. The molecule has 62 valence electrons. The molecular weight excluding hydrogens is 172 g/mol. The lowest BCUT2D eigenvalue weighted by atomic mass is 10.6. The van der Waals surface area contributed by atoms with Gasteiger partial charge in [-0.3, -0.25) is 4.55 Å². The summed E-state index contributed by atoms with van der Waals surface area (Å²) in [7, 11) is -4.92. The Balaban J connectivity index is 0.000000187. The fourth-order valence-electron chi connectivity index (χ4n) is 0.291. The molecule has 0 atom stereocenters. The highest BCUT2D eigenvalue weighted by Gasteiger charge is 1.72. The monoisotopic (exact) mass is 178 g/mol. The Hall–Kier alpha value is -0.980. The predicted molar refractivity (Wildman–Crippen MR) is 35.4 cm³/mol. The van der Waals surface area contributed by atoms with Crippen LogP contribution in [0.4, 0.5) is 0 Å². The van der Waals surface area contributed by atoms with Crippen molar-refractivity contribution < 1.29 is 21.9 Å². The summed E-state index contributed by atoms with van der Waals surface area (Å²) in [5.41, 5.74) is 0. The second-order valence-electron chi connectivity index (χ2n) is 1.41. The van der Waals surface area contributed by atoms with Crippen LogP contribution < -0.4 is 0 Å². The quantitative estimate of drug-likeness (QED) is 0.356. The van der Waals surface area contributed by atoms with Crippen molar-refractivity contribution in [3.05, 3.63) is 30.7 Å². The molecule has 0 aromatic carbocycles. The fraction of sp³-hybridized carbons (Fsp3) is 0. The maximum Gasteiger partial charge on any atom is 0.317 e. The van der Waals surface area contributed by atoms with Crippen LogP contribution >= 0.6 is 0 Å². The fourth-order valence-corrected chi connectivity index (χ4v) is 0.291. The van der Waals surface area contributed by atoms with Gasteiger partial charge in [-0.05, 0) is 6.07 Å². The van der Waals surface area contributed by atoms with Crippen LogP contribution in [0.25, 0.3) is 0 Å². The summed E-state index contributed by atoms with van der Waals surface area (Å²) in [6, 6.07) is 5.57. The Morgan fingerprint density at radius 1 is 1.18 bits per heavy atom. The van der Waals surface area contributed by atoms with Crippen LogP contribution in [0.1, 0.15) is 0 Å². The minimum absolute atomic E-state index is 1.62. The second kappa shape index (κ2) is 4.78. The largest absolute Gasteiger partial charge is 0.726 e. The van der Waals surface area contributed by atoms with Gasteiger partial charge in [-0.15, -0.1) is 0 Å². The number of hydrogen-bond acceptors (Lipinski definition) is 3. The van der Waals surface area contributed by atoms with E-state index in [0.29, 0.717) is 0 Å². The van der Waals surface area contributed by atoms with Gasteiger partial charge in [0.15, 0.2) is 0 Å². The standard InChI is InChI=1S/C5H5O.H2O4S/c1-2-4-6-5-3-1;1-5(2,3)4/h1-5H;(H2,1,2,3,4)/q+1;/p-1. The third-order valence-corrected chi connectivity index (χ3v) is 0.536. The molecule has 1 rings (SSSR count). The molecule has 0 radical (unpaired) electrons. The second-order valence-corrected chi connectivity index (χ2v) is 2.27. The summed E-state index contributed by atoms with van der Waals surface area (Å²) >= 11 is 0. The van der Waals surface area contributed by atoms with Crippen molar-refractivity contribution in [3.63, 3.8) is 0 Å². The van der Waals surface area contributed by atoms with E-state index < -0.39 is 10.4 Å². The molecule has 0 bridgehead atoms. The van der Waals surface area contributed by atoms with Gasteiger partial charge in [0.1, 0.15) is 0 Å². The van der Waals surface area contributed by atoms with E-state index in [9.17, 15) is 0 Å². The van der Waals surface area contributed by atoms with Gasteiger partial charge in [0, 0.05) is 12.1 Å². The van der Waals surface area contributed by atoms with Crippen LogP contribution in [-0.4, -0.2) is 17.5 Å². The van der Waals surface area contributed by atoms with E-state index in [2.05, 4.69) is 4.42 Å². The Morgan fingerprint density at radius 2 is 1.55 bits per heavy atom. The number of rotatable bonds is 0. The first-order valence-electron chi connectivity index (χ1n) is 2.49. The molecule has 11 heavy (non-hydrogen) atoms. The molecule has 0 aliphatic heterocycles. The zero-order valence-electron chi connectivity index (χ0n) is 5.38. The van der Waals surface area contributed by atoms with Crippen LogP contribution in [0.15, 0.2) is 35.1 Å². The Labute approximate surface area is 63.9 Å². The molecule has 0 unspecified atom stereocenters. The van der Waals surface area contributed by atoms with Crippen LogP contribution in [0.3, 0.4) is 0 Å². The van der Waals surface area contributed by atoms with E-state index in [1.807, 2.05) is 18.2 Å². The van der Waals surface area contributed by atoms with E-state index in [1.54, 1.807) is 12.5 Å². The third kappa shape index (κ3) is 17.6. The van der Waals surface area contributed by atoms with Gasteiger partial charge in [-0.2, -0.15) is 0 Å². The van der Waals surface area contributed by atoms with Gasteiger partial charge in [0.05, 0.1) is 0 Å². The summed E-state index contributed by atoms with van der Waals surface area (Å²) in [6.45, 7) is 0. The summed E-state index contributed by atoms with van der Waals surface area (Å²) in [5, 5.41) is 0.